The molecule has 2 aromatic rings. The van der Waals surface area contributed by atoms with Crippen LogP contribution in [0.3, 0.4) is 0 Å². The van der Waals surface area contributed by atoms with Gasteiger partial charge < -0.3 is 14.3 Å². The van der Waals surface area contributed by atoms with Crippen molar-refractivity contribution in [3.8, 4) is 11.5 Å². The van der Waals surface area contributed by atoms with Gasteiger partial charge in [-0.1, -0.05) is 18.2 Å². The molecule has 2 atom stereocenters. The highest BCUT2D eigenvalue weighted by atomic mass is 32.2. The number of benzene rings is 2. The number of methoxy groups -OCH3 is 2. The normalized spacial score (nSPS) is 20.0. The maximum absolute atomic E-state index is 12.6. The third-order valence-corrected chi connectivity index (χ3v) is 6.02. The van der Waals surface area contributed by atoms with Gasteiger partial charge in [0.25, 0.3) is 0 Å². The predicted octanol–water partition coefficient (Wildman–Crippen LogP) is 5.61. The lowest BCUT2D eigenvalue weighted by Crippen LogP contribution is -2.42. The van der Waals surface area contributed by atoms with Crippen LogP contribution in [0.1, 0.15) is 36.4 Å². The van der Waals surface area contributed by atoms with Gasteiger partial charge in [0.2, 0.25) is 0 Å². The molecule has 1 saturated heterocycles. The average molecular weight is 439 g/mol. The molecule has 0 spiro atoms. The van der Waals surface area contributed by atoms with Gasteiger partial charge in [-0.25, -0.2) is 0 Å². The minimum atomic E-state index is -4.32. The number of rotatable bonds is 7. The van der Waals surface area contributed by atoms with Crippen LogP contribution in [-0.4, -0.2) is 37.0 Å². The van der Waals surface area contributed by atoms with Gasteiger partial charge in [-0.15, -0.1) is 0 Å². The number of ether oxygens (including phenoxy) is 2. The summed E-state index contributed by atoms with van der Waals surface area (Å²) >= 11 is -0.135. The molecule has 30 heavy (non-hydrogen) atoms. The molecule has 1 fully saturated rings. The number of carbonyl (C=O) groups excluding carboxylic acids is 1. The van der Waals surface area contributed by atoms with Crippen molar-refractivity contribution in [2.24, 2.45) is 0 Å². The highest BCUT2D eigenvalue weighted by Crippen LogP contribution is 2.44. The van der Waals surface area contributed by atoms with Crippen LogP contribution < -0.4 is 9.47 Å². The Morgan fingerprint density at radius 2 is 1.70 bits per heavy atom. The molecule has 3 rings (SSSR count). The van der Waals surface area contributed by atoms with Crippen molar-refractivity contribution in [1.82, 2.24) is 4.90 Å². The van der Waals surface area contributed by atoms with E-state index < -0.39 is 5.51 Å². The molecule has 1 aliphatic heterocycles. The Morgan fingerprint density at radius 3 is 2.23 bits per heavy atom. The highest BCUT2D eigenvalue weighted by molar-refractivity contribution is 8.00. The fraction of sp³-hybridized carbons (Fsp3) is 0.409. The van der Waals surface area contributed by atoms with Gasteiger partial charge in [-0.2, -0.15) is 13.2 Å². The summed E-state index contributed by atoms with van der Waals surface area (Å²) in [6, 6.07) is 11.5. The van der Waals surface area contributed by atoms with Crippen molar-refractivity contribution in [2.75, 3.05) is 14.2 Å². The van der Waals surface area contributed by atoms with Crippen LogP contribution >= 0.6 is 11.8 Å². The van der Waals surface area contributed by atoms with Crippen LogP contribution in [0.15, 0.2) is 47.4 Å². The van der Waals surface area contributed by atoms with E-state index in [1.54, 1.807) is 26.4 Å². The fourth-order valence-corrected chi connectivity index (χ4v) is 4.52. The maximum atomic E-state index is 12.6. The SMILES string of the molecule is COc1cccc(OC)c1C1CCCC(C=O)N1Cc1ccc(SC(F)(F)F)cc1. The molecule has 4 nitrogen and oxygen atoms in total. The number of hydrogen-bond acceptors (Lipinski definition) is 5. The first-order valence-corrected chi connectivity index (χ1v) is 10.4. The summed E-state index contributed by atoms with van der Waals surface area (Å²) in [5.74, 6) is 1.38. The molecular weight excluding hydrogens is 415 g/mol. The number of halogens is 3. The second-order valence-corrected chi connectivity index (χ2v) is 8.23. The van der Waals surface area contributed by atoms with Crippen molar-refractivity contribution in [1.29, 1.82) is 0 Å². The second kappa shape index (κ2) is 9.75. The number of piperidine rings is 1. The number of carbonyl (C=O) groups is 1. The average Bonchev–Trinajstić information content (AvgIpc) is 2.73. The van der Waals surface area contributed by atoms with Gasteiger partial charge in [0.15, 0.2) is 0 Å². The van der Waals surface area contributed by atoms with Crippen LogP contribution in [-0.2, 0) is 11.3 Å². The highest BCUT2D eigenvalue weighted by Gasteiger charge is 2.35. The minimum Gasteiger partial charge on any atom is -0.496 e. The molecule has 0 amide bonds. The van der Waals surface area contributed by atoms with Crippen LogP contribution in [0.2, 0.25) is 0 Å². The Morgan fingerprint density at radius 1 is 1.07 bits per heavy atom. The van der Waals surface area contributed by atoms with Gasteiger partial charge in [-0.3, -0.25) is 4.90 Å². The molecule has 1 heterocycles. The largest absolute Gasteiger partial charge is 0.496 e. The van der Waals surface area contributed by atoms with Crippen LogP contribution in [0.25, 0.3) is 0 Å². The Hall–Kier alpha value is -2.19. The third-order valence-electron chi connectivity index (χ3n) is 5.28. The molecule has 1 aliphatic rings. The zero-order valence-electron chi connectivity index (χ0n) is 16.8. The van der Waals surface area contributed by atoms with Crippen molar-refractivity contribution in [3.63, 3.8) is 0 Å². The second-order valence-electron chi connectivity index (χ2n) is 7.09. The van der Waals surface area contributed by atoms with Gasteiger partial charge in [-0.05, 0) is 60.9 Å². The fourth-order valence-electron chi connectivity index (χ4n) is 3.98. The van der Waals surface area contributed by atoms with E-state index in [0.717, 1.165) is 36.7 Å². The summed E-state index contributed by atoms with van der Waals surface area (Å²) in [7, 11) is 3.19. The number of thioether (sulfide) groups is 1. The Balaban J connectivity index is 1.91. The van der Waals surface area contributed by atoms with E-state index in [4.69, 9.17) is 9.47 Å². The van der Waals surface area contributed by atoms with E-state index in [-0.39, 0.29) is 28.7 Å². The Labute approximate surface area is 178 Å². The molecule has 8 heteroatoms. The van der Waals surface area contributed by atoms with Crippen LogP contribution in [0.5, 0.6) is 11.5 Å². The van der Waals surface area contributed by atoms with Gasteiger partial charge in [0.05, 0.1) is 25.8 Å². The monoisotopic (exact) mass is 439 g/mol. The van der Waals surface area contributed by atoms with Crippen LogP contribution in [0, 0.1) is 0 Å². The van der Waals surface area contributed by atoms with Gasteiger partial charge in [0, 0.05) is 17.5 Å². The first kappa shape index (κ1) is 22.5. The maximum Gasteiger partial charge on any atom is 0.446 e. The van der Waals surface area contributed by atoms with Gasteiger partial charge >= 0.3 is 5.51 Å². The van der Waals surface area contributed by atoms with Crippen LogP contribution in [0.4, 0.5) is 13.2 Å². The van der Waals surface area contributed by atoms with E-state index >= 15 is 0 Å². The standard InChI is InChI=1S/C22H24F3NO3S/c1-28-19-7-4-8-20(29-2)21(19)18-6-3-5-16(14-27)26(18)13-15-9-11-17(12-10-15)30-22(23,24)25/h4,7-12,14,16,18H,3,5-6,13H2,1-2H3. The molecule has 0 N–H and O–H groups in total. The summed E-state index contributed by atoms with van der Waals surface area (Å²) in [5, 5.41) is 0. The van der Waals surface area contributed by atoms with Crippen molar-refractivity contribution >= 4 is 18.0 Å². The zero-order valence-corrected chi connectivity index (χ0v) is 17.6. The number of alkyl halides is 3. The molecule has 2 unspecified atom stereocenters. The quantitative estimate of drug-likeness (QED) is 0.414. The van der Waals surface area contributed by atoms with E-state index in [2.05, 4.69) is 4.90 Å². The number of nitrogens with zero attached hydrogens (tertiary/aromatic N) is 1. The molecule has 162 valence electrons. The minimum absolute atomic E-state index is 0.107. The molecule has 0 aliphatic carbocycles. The van der Waals surface area contributed by atoms with Gasteiger partial charge in [0.1, 0.15) is 17.8 Å². The summed E-state index contributed by atoms with van der Waals surface area (Å²) in [5.41, 5.74) is -2.59. The van der Waals surface area contributed by atoms with E-state index in [1.807, 2.05) is 18.2 Å². The molecule has 0 aromatic heterocycles. The van der Waals surface area contributed by atoms with E-state index in [0.29, 0.717) is 18.0 Å². The lowest BCUT2D eigenvalue weighted by Gasteiger charge is -2.41. The molecule has 0 radical (unpaired) electrons. The predicted molar refractivity (Wildman–Crippen MR) is 110 cm³/mol. The van der Waals surface area contributed by atoms with Crippen molar-refractivity contribution < 1.29 is 27.4 Å². The van der Waals surface area contributed by atoms with E-state index in [1.165, 1.54) is 12.1 Å². The first-order chi connectivity index (χ1) is 14.4. The lowest BCUT2D eigenvalue weighted by molar-refractivity contribution is -0.115. The smallest absolute Gasteiger partial charge is 0.446 e. The molecule has 2 aromatic carbocycles. The number of likely N-dealkylation sites (tertiary alicyclic amines) is 1. The first-order valence-electron chi connectivity index (χ1n) is 9.63. The summed E-state index contributed by atoms with van der Waals surface area (Å²) in [6.45, 7) is 0.437. The Bertz CT molecular complexity index is 835. The van der Waals surface area contributed by atoms with Crippen molar-refractivity contribution in [3.05, 3.63) is 53.6 Å². The molecule has 0 saturated carbocycles. The Kier molecular flexibility index (Phi) is 7.31. The zero-order chi connectivity index (χ0) is 21.7. The summed E-state index contributed by atoms with van der Waals surface area (Å²) < 4.78 is 48.9. The summed E-state index contributed by atoms with van der Waals surface area (Å²) in [6.07, 6.45) is 3.39. The number of aldehydes is 1. The topological polar surface area (TPSA) is 38.8 Å². The van der Waals surface area contributed by atoms with E-state index in [9.17, 15) is 18.0 Å². The lowest BCUT2D eigenvalue weighted by atomic mass is 9.89. The third kappa shape index (κ3) is 5.29. The molecular formula is C22H24F3NO3S. The van der Waals surface area contributed by atoms with Crippen molar-refractivity contribution in [2.45, 2.75) is 48.3 Å². The number of hydrogen-bond donors (Lipinski definition) is 0. The molecule has 0 bridgehead atoms. The summed E-state index contributed by atoms with van der Waals surface area (Å²) in [4.78, 5) is 14.0.